The number of fused-ring (bicyclic) bond motifs is 1. The first-order valence-corrected chi connectivity index (χ1v) is 11.9. The van der Waals surface area contributed by atoms with Crippen LogP contribution in [0.25, 0.3) is 0 Å². The molecular weight excluding hydrogens is 554 g/mol. The molecule has 0 spiro atoms. The summed E-state index contributed by atoms with van der Waals surface area (Å²) in [5.41, 5.74) is 4.83. The van der Waals surface area contributed by atoms with Crippen molar-refractivity contribution in [2.45, 2.75) is 17.5 Å². The number of aromatic hydroxyl groups is 2. The fourth-order valence-corrected chi connectivity index (χ4v) is 5.15. The van der Waals surface area contributed by atoms with Crippen LogP contribution < -0.4 is 11.1 Å². The van der Waals surface area contributed by atoms with Gasteiger partial charge < -0.3 is 36.3 Å². The number of phenolic OH excluding ortho intramolecular Hbond substituents is 2. The van der Waals surface area contributed by atoms with Crippen LogP contribution in [0, 0.1) is 0 Å². The number of carbonyl (C=O) groups is 4. The number of rotatable bonds is 8. The van der Waals surface area contributed by atoms with Crippen LogP contribution in [0.5, 0.6) is 11.5 Å². The minimum Gasteiger partial charge on any atom is -0.504 e. The second-order valence-corrected chi connectivity index (χ2v) is 9.40. The maximum atomic E-state index is 13.1. The van der Waals surface area contributed by atoms with Gasteiger partial charge in [-0.25, -0.2) is 14.6 Å². The van der Waals surface area contributed by atoms with E-state index in [1.807, 2.05) is 0 Å². The Morgan fingerprint density at radius 3 is 2.57 bits per heavy atom. The van der Waals surface area contributed by atoms with Gasteiger partial charge in [0.05, 0.1) is 0 Å². The van der Waals surface area contributed by atoms with E-state index in [1.165, 1.54) is 29.3 Å². The number of thiazole rings is 1. The number of nitrogens with zero attached hydrogens (tertiary/aromatic N) is 3. The van der Waals surface area contributed by atoms with E-state index in [1.54, 1.807) is 0 Å². The number of carboxylic acids is 2. The molecule has 4 rings (SSSR count). The van der Waals surface area contributed by atoms with Gasteiger partial charge in [0, 0.05) is 16.7 Å². The number of thioether (sulfide) groups is 1. The summed E-state index contributed by atoms with van der Waals surface area (Å²) < 4.78 is 0. The van der Waals surface area contributed by atoms with Crippen LogP contribution in [-0.2, 0) is 24.0 Å². The Kier molecular flexibility index (Phi) is 8.15. The third kappa shape index (κ3) is 5.40. The molecule has 0 saturated carbocycles. The molecule has 0 radical (unpaired) electrons. The number of hydrogen-bond donors (Lipinski definition) is 6. The molecular formula is C20H18ClN5O9S2. The lowest BCUT2D eigenvalue weighted by molar-refractivity contribution is -0.151. The van der Waals surface area contributed by atoms with Crippen molar-refractivity contribution in [3.05, 3.63) is 46.6 Å². The van der Waals surface area contributed by atoms with Crippen molar-refractivity contribution in [3.8, 4) is 11.5 Å². The zero-order valence-corrected chi connectivity index (χ0v) is 20.7. The summed E-state index contributed by atoms with van der Waals surface area (Å²) in [5, 5.41) is 44.9. The predicted octanol–water partition coefficient (Wildman–Crippen LogP) is 0.473. The lowest BCUT2D eigenvalue weighted by Crippen LogP contribution is -2.70. The highest BCUT2D eigenvalue weighted by Gasteiger charge is 2.53. The number of amides is 2. The van der Waals surface area contributed by atoms with Gasteiger partial charge in [0.1, 0.15) is 22.8 Å². The lowest BCUT2D eigenvalue weighted by Gasteiger charge is -2.48. The number of carboxylic acid groups (broad SMARTS) is 2. The number of oxime groups is 1. The maximum Gasteiger partial charge on any atom is 0.352 e. The molecule has 0 aliphatic carbocycles. The number of nitrogens with one attached hydrogen (secondary N) is 1. The normalized spacial score (nSPS) is 19.5. The van der Waals surface area contributed by atoms with E-state index in [4.69, 9.17) is 10.6 Å². The summed E-state index contributed by atoms with van der Waals surface area (Å²) in [5.74, 6) is -5.13. The summed E-state index contributed by atoms with van der Waals surface area (Å²) in [6.45, 7) is 0. The van der Waals surface area contributed by atoms with E-state index in [9.17, 15) is 39.6 Å². The van der Waals surface area contributed by atoms with E-state index in [0.29, 0.717) is 5.75 Å². The maximum absolute atomic E-state index is 13.1. The molecule has 1 fully saturated rings. The molecule has 2 aliphatic rings. The summed E-state index contributed by atoms with van der Waals surface area (Å²) >= 11 is 2.22. The quantitative estimate of drug-likeness (QED) is 0.110. The molecule has 7 N–H and O–H groups in total. The van der Waals surface area contributed by atoms with Crippen molar-refractivity contribution < 1.29 is 44.4 Å². The number of anilines is 1. The number of carbonyl (C=O) groups excluding carboxylic acids is 2. The highest BCUT2D eigenvalue weighted by atomic mass is 35.5. The van der Waals surface area contributed by atoms with Crippen LogP contribution >= 0.6 is 35.5 Å². The van der Waals surface area contributed by atoms with Gasteiger partial charge in [-0.2, -0.15) is 0 Å². The number of benzene rings is 1. The molecule has 14 nitrogen and oxygen atoms in total. The summed E-state index contributed by atoms with van der Waals surface area (Å²) in [6.07, 6.45) is -0.390. The van der Waals surface area contributed by atoms with Crippen LogP contribution in [-0.4, -0.2) is 76.9 Å². The Hall–Kier alpha value is -4.02. The average Bonchev–Trinajstić information content (AvgIpc) is 3.26. The van der Waals surface area contributed by atoms with Crippen LogP contribution in [0.3, 0.4) is 0 Å². The number of hydrogen-bond acceptors (Lipinski definition) is 12. The first kappa shape index (κ1) is 27.6. The largest absolute Gasteiger partial charge is 0.504 e. The van der Waals surface area contributed by atoms with Crippen LogP contribution in [0.15, 0.2) is 40.5 Å². The fraction of sp³-hybridized carbons (Fsp3) is 0.200. The van der Waals surface area contributed by atoms with Crippen molar-refractivity contribution in [2.75, 3.05) is 11.5 Å². The van der Waals surface area contributed by atoms with Gasteiger partial charge in [0.2, 0.25) is 6.10 Å². The second kappa shape index (κ2) is 10.9. The van der Waals surface area contributed by atoms with Crippen molar-refractivity contribution in [1.82, 2.24) is 15.2 Å². The molecule has 1 aromatic heterocycles. The van der Waals surface area contributed by atoms with E-state index in [2.05, 4.69) is 15.5 Å². The van der Waals surface area contributed by atoms with Crippen molar-refractivity contribution in [3.63, 3.8) is 0 Å². The molecule has 17 heteroatoms. The SMILES string of the molecule is Cl.Nc1nc(/C(=N/OC(C(=O)O)c2ccc(O)c(O)c2)C(=O)N[C@@H]2C(=O)N3C(C(=O)O)=CCS[C@H]23)cs1. The standard InChI is InChI=1S/C20H17N5O9S2.ClH/c21-20-22-8(6-36-20)12(24-34-14(19(32)33)7-1-2-10(26)11(27)5-7)15(28)23-13-16(29)25-9(18(30)31)3-4-35-17(13)25;/h1-3,5-6,13-14,17,26-27H,4H2,(H2,21,22)(H,23,28)(H,30,31)(H,32,33);1H/b24-12-;/t13-,14?,17-;/m1./s1. The molecule has 1 aromatic carbocycles. The zero-order valence-electron chi connectivity index (χ0n) is 18.3. The van der Waals surface area contributed by atoms with E-state index < -0.39 is 58.5 Å². The average molecular weight is 572 g/mol. The lowest BCUT2D eigenvalue weighted by atomic mass is 10.0. The molecule has 2 aromatic rings. The first-order valence-electron chi connectivity index (χ1n) is 9.97. The van der Waals surface area contributed by atoms with Gasteiger partial charge in [-0.05, 0) is 18.2 Å². The van der Waals surface area contributed by atoms with Gasteiger partial charge >= 0.3 is 11.9 Å². The van der Waals surface area contributed by atoms with Gasteiger partial charge in [0.15, 0.2) is 22.3 Å². The Balaban J connectivity index is 0.00000380. The number of phenols is 2. The molecule has 0 bridgehead atoms. The fourth-order valence-electron chi connectivity index (χ4n) is 3.41. The van der Waals surface area contributed by atoms with E-state index >= 15 is 0 Å². The Labute approximate surface area is 221 Å². The highest BCUT2D eigenvalue weighted by Crippen LogP contribution is 2.37. The van der Waals surface area contributed by atoms with Crippen molar-refractivity contribution >= 4 is 70.1 Å². The van der Waals surface area contributed by atoms with Gasteiger partial charge in [-0.3, -0.25) is 14.5 Å². The minimum absolute atomic E-state index is 0. The smallest absolute Gasteiger partial charge is 0.352 e. The summed E-state index contributed by atoms with van der Waals surface area (Å²) in [4.78, 5) is 58.9. The molecule has 1 saturated heterocycles. The topological polar surface area (TPSA) is 225 Å². The Bertz CT molecular complexity index is 1330. The highest BCUT2D eigenvalue weighted by molar-refractivity contribution is 8.00. The monoisotopic (exact) mass is 571 g/mol. The van der Waals surface area contributed by atoms with E-state index in [0.717, 1.165) is 28.4 Å². The van der Waals surface area contributed by atoms with Gasteiger partial charge in [-0.15, -0.1) is 35.5 Å². The molecule has 1 unspecified atom stereocenters. The first-order chi connectivity index (χ1) is 17.1. The second-order valence-electron chi connectivity index (χ2n) is 7.36. The van der Waals surface area contributed by atoms with Crippen LogP contribution in [0.4, 0.5) is 5.13 Å². The summed E-state index contributed by atoms with van der Waals surface area (Å²) in [7, 11) is 0. The Morgan fingerprint density at radius 1 is 1.24 bits per heavy atom. The molecule has 3 atom stereocenters. The predicted molar refractivity (Wildman–Crippen MR) is 132 cm³/mol. The third-order valence-electron chi connectivity index (χ3n) is 5.11. The van der Waals surface area contributed by atoms with E-state index in [-0.39, 0.29) is 34.5 Å². The molecule has 2 amide bonds. The molecule has 2 aliphatic heterocycles. The Morgan fingerprint density at radius 2 is 1.97 bits per heavy atom. The molecule has 3 heterocycles. The number of β-lactam (4-membered cyclic amide) rings is 1. The number of aliphatic carboxylic acids is 2. The number of aromatic nitrogens is 1. The van der Waals surface area contributed by atoms with Crippen LogP contribution in [0.1, 0.15) is 17.4 Å². The summed E-state index contributed by atoms with van der Waals surface area (Å²) in [6, 6.07) is 2.12. The van der Waals surface area contributed by atoms with Crippen molar-refractivity contribution in [2.24, 2.45) is 5.16 Å². The zero-order chi connectivity index (χ0) is 26.1. The molecule has 37 heavy (non-hydrogen) atoms. The number of nitrogens with two attached hydrogens (primary N) is 1. The van der Waals surface area contributed by atoms with Crippen LogP contribution in [0.2, 0.25) is 0 Å². The van der Waals surface area contributed by atoms with Crippen molar-refractivity contribution in [1.29, 1.82) is 0 Å². The third-order valence-corrected chi connectivity index (χ3v) is 6.97. The van der Waals surface area contributed by atoms with Gasteiger partial charge in [0.25, 0.3) is 11.8 Å². The van der Waals surface area contributed by atoms with Gasteiger partial charge in [-0.1, -0.05) is 11.2 Å². The minimum atomic E-state index is -1.78. The number of halogens is 1. The molecule has 196 valence electrons. The number of nitrogen functional groups attached to an aromatic ring is 1.